The molecule has 0 unspecified atom stereocenters. The van der Waals surface area contributed by atoms with E-state index in [-0.39, 0.29) is 18.0 Å². The van der Waals surface area contributed by atoms with Gasteiger partial charge in [0.15, 0.2) is 0 Å². The molecule has 0 spiro atoms. The number of amides is 1. The van der Waals surface area contributed by atoms with Gasteiger partial charge in [-0.15, -0.1) is 0 Å². The fourth-order valence-electron chi connectivity index (χ4n) is 2.02. The minimum atomic E-state index is -0.439. The molecule has 1 aliphatic rings. The molecule has 3 N–H and O–H groups in total. The van der Waals surface area contributed by atoms with Gasteiger partial charge in [0.1, 0.15) is 5.69 Å². The highest BCUT2D eigenvalue weighted by molar-refractivity contribution is 6.00. The monoisotopic (exact) mass is 250 g/mol. The molecule has 96 valence electrons. The van der Waals surface area contributed by atoms with Crippen molar-refractivity contribution in [2.45, 2.75) is 6.42 Å². The van der Waals surface area contributed by atoms with Gasteiger partial charge in [-0.05, 0) is 11.6 Å². The first kappa shape index (κ1) is 12.3. The van der Waals surface area contributed by atoms with E-state index in [1.54, 1.807) is 18.0 Å². The maximum atomic E-state index is 11.3. The number of anilines is 2. The average molecular weight is 250 g/mol. The number of nitro groups is 1. The Morgan fingerprint density at radius 1 is 1.56 bits per heavy atom. The van der Waals surface area contributed by atoms with Crippen molar-refractivity contribution in [3.8, 4) is 0 Å². The van der Waals surface area contributed by atoms with Crippen molar-refractivity contribution >= 4 is 23.0 Å². The van der Waals surface area contributed by atoms with E-state index in [1.165, 1.54) is 6.07 Å². The minimum absolute atomic E-state index is 0.00111. The first-order valence-corrected chi connectivity index (χ1v) is 5.55. The predicted octanol–water partition coefficient (Wildman–Crippen LogP) is 0.484. The molecule has 1 aromatic rings. The van der Waals surface area contributed by atoms with E-state index in [0.29, 0.717) is 30.0 Å². The first-order chi connectivity index (χ1) is 8.52. The third kappa shape index (κ3) is 2.12. The van der Waals surface area contributed by atoms with Crippen molar-refractivity contribution in [2.24, 2.45) is 5.73 Å². The number of nitrogens with one attached hydrogen (secondary N) is 1. The largest absolute Gasteiger partial charge is 0.368 e. The number of nitro benzene ring substituents is 1. The van der Waals surface area contributed by atoms with Crippen LogP contribution in [0.5, 0.6) is 0 Å². The van der Waals surface area contributed by atoms with Gasteiger partial charge in [0.2, 0.25) is 5.91 Å². The Labute approximate surface area is 104 Å². The molecule has 1 heterocycles. The standard InChI is InChI=1S/C11H14N4O3/c1-14(3-2-12)9-6-8-7(5-11(16)13-8)4-10(9)15(17)18/h4,6H,2-3,5,12H2,1H3,(H,13,16). The second kappa shape index (κ2) is 4.61. The molecule has 1 amide bonds. The zero-order valence-electron chi connectivity index (χ0n) is 9.97. The Kier molecular flexibility index (Phi) is 3.15. The second-order valence-electron chi connectivity index (χ2n) is 4.19. The SMILES string of the molecule is CN(CCN)c1cc2c(cc1[N+](=O)[O-])CC(=O)N2. The number of hydrogen-bond acceptors (Lipinski definition) is 5. The lowest BCUT2D eigenvalue weighted by Crippen LogP contribution is -2.25. The highest BCUT2D eigenvalue weighted by Gasteiger charge is 2.25. The normalized spacial score (nSPS) is 13.1. The van der Waals surface area contributed by atoms with Crippen molar-refractivity contribution in [2.75, 3.05) is 30.4 Å². The van der Waals surface area contributed by atoms with Gasteiger partial charge in [-0.1, -0.05) is 0 Å². The fourth-order valence-corrected chi connectivity index (χ4v) is 2.02. The van der Waals surface area contributed by atoms with Crippen molar-refractivity contribution in [3.05, 3.63) is 27.8 Å². The Bertz CT molecular complexity index is 515. The number of fused-ring (bicyclic) bond motifs is 1. The van der Waals surface area contributed by atoms with Crippen molar-refractivity contribution in [1.29, 1.82) is 0 Å². The summed E-state index contributed by atoms with van der Waals surface area (Å²) in [7, 11) is 1.73. The van der Waals surface area contributed by atoms with Crippen LogP contribution < -0.4 is 16.0 Å². The van der Waals surface area contributed by atoms with Crippen LogP contribution in [0.15, 0.2) is 12.1 Å². The molecule has 1 aromatic carbocycles. The summed E-state index contributed by atoms with van der Waals surface area (Å²) in [5, 5.41) is 13.7. The number of nitrogens with two attached hydrogens (primary N) is 1. The zero-order valence-corrected chi connectivity index (χ0v) is 9.97. The number of benzene rings is 1. The minimum Gasteiger partial charge on any atom is -0.368 e. The lowest BCUT2D eigenvalue weighted by atomic mass is 10.1. The Morgan fingerprint density at radius 3 is 2.89 bits per heavy atom. The third-order valence-electron chi connectivity index (χ3n) is 2.90. The number of carbonyl (C=O) groups excluding carboxylic acids is 1. The molecule has 0 fully saturated rings. The van der Waals surface area contributed by atoms with Crippen LogP contribution in [0, 0.1) is 10.1 Å². The molecule has 0 radical (unpaired) electrons. The van der Waals surface area contributed by atoms with Crippen LogP contribution in [0.2, 0.25) is 0 Å². The summed E-state index contributed by atoms with van der Waals surface area (Å²) in [4.78, 5) is 23.6. The van der Waals surface area contributed by atoms with E-state index < -0.39 is 4.92 Å². The molecule has 2 rings (SSSR count). The van der Waals surface area contributed by atoms with E-state index in [0.717, 1.165) is 0 Å². The molecule has 0 saturated heterocycles. The average Bonchev–Trinajstić information content (AvgIpc) is 2.66. The van der Waals surface area contributed by atoms with Crippen molar-refractivity contribution in [1.82, 2.24) is 0 Å². The summed E-state index contributed by atoms with van der Waals surface area (Å²) in [6.45, 7) is 0.907. The van der Waals surface area contributed by atoms with Gasteiger partial charge in [0, 0.05) is 31.9 Å². The van der Waals surface area contributed by atoms with Gasteiger partial charge in [0.25, 0.3) is 5.69 Å². The van der Waals surface area contributed by atoms with E-state index >= 15 is 0 Å². The third-order valence-corrected chi connectivity index (χ3v) is 2.90. The lowest BCUT2D eigenvalue weighted by molar-refractivity contribution is -0.384. The van der Waals surface area contributed by atoms with Crippen LogP contribution in [0.3, 0.4) is 0 Å². The Morgan fingerprint density at radius 2 is 2.28 bits per heavy atom. The van der Waals surface area contributed by atoms with Gasteiger partial charge < -0.3 is 16.0 Å². The van der Waals surface area contributed by atoms with Crippen LogP contribution in [0.25, 0.3) is 0 Å². The number of rotatable bonds is 4. The molecule has 18 heavy (non-hydrogen) atoms. The molecule has 7 heteroatoms. The van der Waals surface area contributed by atoms with Gasteiger partial charge in [0.05, 0.1) is 11.3 Å². The smallest absolute Gasteiger partial charge is 0.292 e. The topological polar surface area (TPSA) is 102 Å². The number of carbonyl (C=O) groups is 1. The summed E-state index contributed by atoms with van der Waals surface area (Å²) >= 11 is 0. The summed E-state index contributed by atoms with van der Waals surface area (Å²) in [5.74, 6) is -0.141. The van der Waals surface area contributed by atoms with E-state index in [1.807, 2.05) is 0 Å². The summed E-state index contributed by atoms with van der Waals surface area (Å²) in [6.07, 6.45) is 0.192. The quantitative estimate of drug-likeness (QED) is 0.598. The van der Waals surface area contributed by atoms with Crippen LogP contribution >= 0.6 is 0 Å². The van der Waals surface area contributed by atoms with E-state index in [4.69, 9.17) is 5.73 Å². The van der Waals surface area contributed by atoms with Crippen molar-refractivity contribution in [3.63, 3.8) is 0 Å². The highest BCUT2D eigenvalue weighted by Crippen LogP contribution is 2.36. The number of hydrogen-bond donors (Lipinski definition) is 2. The Balaban J connectivity index is 2.47. The molecule has 0 aliphatic carbocycles. The summed E-state index contributed by atoms with van der Waals surface area (Å²) in [5.41, 5.74) is 7.22. The fraction of sp³-hybridized carbons (Fsp3) is 0.364. The van der Waals surface area contributed by atoms with Crippen LogP contribution in [-0.2, 0) is 11.2 Å². The van der Waals surface area contributed by atoms with Gasteiger partial charge >= 0.3 is 0 Å². The number of nitrogens with zero attached hydrogens (tertiary/aromatic N) is 2. The second-order valence-corrected chi connectivity index (χ2v) is 4.19. The zero-order chi connectivity index (χ0) is 13.3. The summed E-state index contributed by atoms with van der Waals surface area (Å²) < 4.78 is 0. The van der Waals surface area contributed by atoms with Crippen molar-refractivity contribution < 1.29 is 9.72 Å². The number of likely N-dealkylation sites (N-methyl/N-ethyl adjacent to an activating group) is 1. The molecule has 0 saturated carbocycles. The molecule has 0 atom stereocenters. The first-order valence-electron chi connectivity index (χ1n) is 5.55. The Hall–Kier alpha value is -2.15. The van der Waals surface area contributed by atoms with Crippen LogP contribution in [0.1, 0.15) is 5.56 Å². The summed E-state index contributed by atoms with van der Waals surface area (Å²) in [6, 6.07) is 3.09. The van der Waals surface area contributed by atoms with Crippen LogP contribution in [0.4, 0.5) is 17.1 Å². The van der Waals surface area contributed by atoms with Gasteiger partial charge in [-0.2, -0.15) is 0 Å². The lowest BCUT2D eigenvalue weighted by Gasteiger charge is -2.18. The van der Waals surface area contributed by atoms with Gasteiger partial charge in [-0.25, -0.2) is 0 Å². The molecule has 1 aliphatic heterocycles. The molecular weight excluding hydrogens is 236 g/mol. The maximum Gasteiger partial charge on any atom is 0.292 e. The van der Waals surface area contributed by atoms with E-state index in [2.05, 4.69) is 5.32 Å². The highest BCUT2D eigenvalue weighted by atomic mass is 16.6. The molecule has 0 aromatic heterocycles. The predicted molar refractivity (Wildman–Crippen MR) is 67.8 cm³/mol. The molecule has 7 nitrogen and oxygen atoms in total. The van der Waals surface area contributed by atoms with Crippen LogP contribution in [-0.4, -0.2) is 31.0 Å². The van der Waals surface area contributed by atoms with Gasteiger partial charge in [-0.3, -0.25) is 14.9 Å². The maximum absolute atomic E-state index is 11.3. The van der Waals surface area contributed by atoms with E-state index in [9.17, 15) is 14.9 Å². The molecular formula is C11H14N4O3. The molecule has 0 bridgehead atoms.